The van der Waals surface area contributed by atoms with Crippen molar-refractivity contribution in [2.24, 2.45) is 0 Å². The van der Waals surface area contributed by atoms with Gasteiger partial charge < -0.3 is 15.8 Å². The zero-order chi connectivity index (χ0) is 17.8. The summed E-state index contributed by atoms with van der Waals surface area (Å²) in [6.07, 6.45) is 1.44. The van der Waals surface area contributed by atoms with Crippen molar-refractivity contribution < 1.29 is 4.74 Å². The van der Waals surface area contributed by atoms with E-state index in [0.29, 0.717) is 29.1 Å². The minimum atomic E-state index is 0.336. The van der Waals surface area contributed by atoms with E-state index in [0.717, 1.165) is 11.3 Å². The van der Waals surface area contributed by atoms with Crippen molar-refractivity contribution in [3.05, 3.63) is 66.0 Å². The first-order valence-corrected chi connectivity index (χ1v) is 8.25. The van der Waals surface area contributed by atoms with Crippen molar-refractivity contribution in [3.63, 3.8) is 0 Å². The van der Waals surface area contributed by atoms with Gasteiger partial charge in [0.05, 0.1) is 0 Å². The van der Waals surface area contributed by atoms with Crippen LogP contribution in [0.3, 0.4) is 0 Å². The molecule has 5 heteroatoms. The van der Waals surface area contributed by atoms with Crippen molar-refractivity contribution in [2.45, 2.75) is 26.7 Å². The molecule has 2 aromatic carbocycles. The number of hydrogen-bond donors (Lipinski definition) is 2. The van der Waals surface area contributed by atoms with E-state index in [1.54, 1.807) is 0 Å². The summed E-state index contributed by atoms with van der Waals surface area (Å²) >= 11 is 0. The Kier molecular flexibility index (Phi) is 4.84. The molecule has 0 saturated heterocycles. The molecule has 1 aromatic heterocycles. The van der Waals surface area contributed by atoms with E-state index in [2.05, 4.69) is 29.1 Å². The molecule has 3 N–H and O–H groups in total. The van der Waals surface area contributed by atoms with Gasteiger partial charge in [0.25, 0.3) is 0 Å². The Morgan fingerprint density at radius 2 is 1.80 bits per heavy atom. The molecule has 3 aromatic rings. The second-order valence-corrected chi connectivity index (χ2v) is 6.26. The summed E-state index contributed by atoms with van der Waals surface area (Å²) in [5.41, 5.74) is 9.88. The van der Waals surface area contributed by atoms with Crippen LogP contribution >= 0.6 is 0 Å². The number of rotatable bonds is 5. The van der Waals surface area contributed by atoms with E-state index in [9.17, 15) is 0 Å². The molecule has 0 saturated carbocycles. The second kappa shape index (κ2) is 7.21. The SMILES string of the molecule is Cc1cccc(Nc2ncnc(Oc3ccc(C(C)C)cc3)c2N)c1. The van der Waals surface area contributed by atoms with Crippen LogP contribution in [-0.2, 0) is 0 Å². The lowest BCUT2D eigenvalue weighted by atomic mass is 10.0. The standard InChI is InChI=1S/C20H22N4O/c1-13(2)15-7-9-17(10-8-15)25-20-18(21)19(22-12-23-20)24-16-6-4-5-14(3)11-16/h4-13H,21H2,1-3H3,(H,22,23,24). The zero-order valence-corrected chi connectivity index (χ0v) is 14.7. The van der Waals surface area contributed by atoms with Crippen molar-refractivity contribution in [1.82, 2.24) is 9.97 Å². The molecule has 3 rings (SSSR count). The molecule has 0 atom stereocenters. The van der Waals surface area contributed by atoms with Gasteiger partial charge in [-0.25, -0.2) is 4.98 Å². The van der Waals surface area contributed by atoms with Crippen LogP contribution in [0.1, 0.15) is 30.9 Å². The molecular weight excluding hydrogens is 312 g/mol. The van der Waals surface area contributed by atoms with E-state index in [1.165, 1.54) is 11.9 Å². The highest BCUT2D eigenvalue weighted by Crippen LogP contribution is 2.31. The molecule has 5 nitrogen and oxygen atoms in total. The highest BCUT2D eigenvalue weighted by Gasteiger charge is 2.11. The Balaban J connectivity index is 1.81. The number of nitrogens with one attached hydrogen (secondary N) is 1. The van der Waals surface area contributed by atoms with E-state index in [4.69, 9.17) is 10.5 Å². The van der Waals surface area contributed by atoms with Gasteiger partial charge in [0.15, 0.2) is 5.82 Å². The zero-order valence-electron chi connectivity index (χ0n) is 14.7. The predicted molar refractivity (Wildman–Crippen MR) is 102 cm³/mol. The summed E-state index contributed by atoms with van der Waals surface area (Å²) < 4.78 is 5.83. The van der Waals surface area contributed by atoms with Gasteiger partial charge in [0.2, 0.25) is 5.88 Å². The molecule has 128 valence electrons. The summed E-state index contributed by atoms with van der Waals surface area (Å²) in [6, 6.07) is 15.9. The van der Waals surface area contributed by atoms with E-state index in [-0.39, 0.29) is 0 Å². The van der Waals surface area contributed by atoms with Gasteiger partial charge in [-0.3, -0.25) is 0 Å². The Hall–Kier alpha value is -3.08. The number of nitrogens with two attached hydrogens (primary N) is 1. The van der Waals surface area contributed by atoms with Crippen LogP contribution in [0.5, 0.6) is 11.6 Å². The monoisotopic (exact) mass is 334 g/mol. The molecule has 0 bridgehead atoms. The number of hydrogen-bond acceptors (Lipinski definition) is 5. The molecule has 1 heterocycles. The fraction of sp³-hybridized carbons (Fsp3) is 0.200. The quantitative estimate of drug-likeness (QED) is 0.685. The Morgan fingerprint density at radius 1 is 1.04 bits per heavy atom. The first kappa shape index (κ1) is 16.8. The number of benzene rings is 2. The van der Waals surface area contributed by atoms with E-state index < -0.39 is 0 Å². The largest absolute Gasteiger partial charge is 0.437 e. The smallest absolute Gasteiger partial charge is 0.248 e. The molecule has 25 heavy (non-hydrogen) atoms. The van der Waals surface area contributed by atoms with Gasteiger partial charge in [0.1, 0.15) is 17.8 Å². The minimum absolute atomic E-state index is 0.336. The maximum Gasteiger partial charge on any atom is 0.248 e. The first-order chi connectivity index (χ1) is 12.0. The lowest BCUT2D eigenvalue weighted by Gasteiger charge is -2.12. The fourth-order valence-corrected chi connectivity index (χ4v) is 2.45. The average molecular weight is 334 g/mol. The van der Waals surface area contributed by atoms with Gasteiger partial charge in [-0.05, 0) is 48.2 Å². The molecule has 0 aliphatic carbocycles. The highest BCUT2D eigenvalue weighted by atomic mass is 16.5. The Bertz CT molecular complexity index is 860. The molecule has 0 fully saturated rings. The molecule has 0 aliphatic heterocycles. The summed E-state index contributed by atoms with van der Waals surface area (Å²) in [4.78, 5) is 8.37. The molecule has 0 amide bonds. The molecular formula is C20H22N4O. The number of nitrogen functional groups attached to an aromatic ring is 1. The predicted octanol–water partition coefficient (Wildman–Crippen LogP) is 5.03. The first-order valence-electron chi connectivity index (χ1n) is 8.25. The number of anilines is 3. The van der Waals surface area contributed by atoms with Crippen LogP contribution in [0.4, 0.5) is 17.2 Å². The maximum absolute atomic E-state index is 6.18. The highest BCUT2D eigenvalue weighted by molar-refractivity contribution is 5.72. The van der Waals surface area contributed by atoms with Crippen LogP contribution in [0.15, 0.2) is 54.9 Å². The van der Waals surface area contributed by atoms with Crippen molar-refractivity contribution in [3.8, 4) is 11.6 Å². The van der Waals surface area contributed by atoms with Crippen LogP contribution < -0.4 is 15.8 Å². The maximum atomic E-state index is 6.18. The lowest BCUT2D eigenvalue weighted by Crippen LogP contribution is -2.03. The summed E-state index contributed by atoms with van der Waals surface area (Å²) in [5, 5.41) is 3.21. The van der Waals surface area contributed by atoms with Gasteiger partial charge in [-0.2, -0.15) is 4.98 Å². The van der Waals surface area contributed by atoms with E-state index in [1.807, 2.05) is 55.5 Å². The van der Waals surface area contributed by atoms with E-state index >= 15 is 0 Å². The minimum Gasteiger partial charge on any atom is -0.437 e. The third-order valence-corrected chi connectivity index (χ3v) is 3.89. The summed E-state index contributed by atoms with van der Waals surface area (Å²) in [7, 11) is 0. The van der Waals surface area contributed by atoms with Crippen molar-refractivity contribution in [1.29, 1.82) is 0 Å². The fourth-order valence-electron chi connectivity index (χ4n) is 2.45. The summed E-state index contributed by atoms with van der Waals surface area (Å²) in [5.74, 6) is 2.02. The molecule has 0 unspecified atom stereocenters. The third-order valence-electron chi connectivity index (χ3n) is 3.89. The van der Waals surface area contributed by atoms with Gasteiger partial charge in [-0.1, -0.05) is 38.1 Å². The number of ether oxygens (including phenoxy) is 1. The lowest BCUT2D eigenvalue weighted by molar-refractivity contribution is 0.464. The topological polar surface area (TPSA) is 73.1 Å². The van der Waals surface area contributed by atoms with Crippen LogP contribution in [0, 0.1) is 6.92 Å². The Labute approximate surface area is 147 Å². The van der Waals surface area contributed by atoms with Crippen molar-refractivity contribution in [2.75, 3.05) is 11.1 Å². The third kappa shape index (κ3) is 4.07. The normalized spacial score (nSPS) is 10.7. The van der Waals surface area contributed by atoms with Gasteiger partial charge in [0, 0.05) is 5.69 Å². The Morgan fingerprint density at radius 3 is 2.48 bits per heavy atom. The van der Waals surface area contributed by atoms with Crippen LogP contribution in [0.25, 0.3) is 0 Å². The molecule has 0 spiro atoms. The second-order valence-electron chi connectivity index (χ2n) is 6.26. The van der Waals surface area contributed by atoms with Crippen molar-refractivity contribution >= 4 is 17.2 Å². The van der Waals surface area contributed by atoms with Crippen LogP contribution in [-0.4, -0.2) is 9.97 Å². The number of nitrogens with zero attached hydrogens (tertiary/aromatic N) is 2. The molecule has 0 aliphatic rings. The molecule has 0 radical (unpaired) electrons. The van der Waals surface area contributed by atoms with Gasteiger partial charge in [-0.15, -0.1) is 0 Å². The van der Waals surface area contributed by atoms with Crippen LogP contribution in [0.2, 0.25) is 0 Å². The number of aromatic nitrogens is 2. The number of aryl methyl sites for hydroxylation is 1. The average Bonchev–Trinajstić information content (AvgIpc) is 2.59. The van der Waals surface area contributed by atoms with Gasteiger partial charge >= 0.3 is 0 Å². The summed E-state index contributed by atoms with van der Waals surface area (Å²) in [6.45, 7) is 6.34.